The third-order valence-corrected chi connectivity index (χ3v) is 2.83. The second kappa shape index (κ2) is 5.82. The summed E-state index contributed by atoms with van der Waals surface area (Å²) in [5, 5.41) is 3.05. The number of hydrogen-bond donors (Lipinski definition) is 1. The summed E-state index contributed by atoms with van der Waals surface area (Å²) in [5.41, 5.74) is 1.19. The van der Waals surface area contributed by atoms with Gasteiger partial charge in [0.1, 0.15) is 5.75 Å². The highest BCUT2D eigenvalue weighted by molar-refractivity contribution is 9.10. The van der Waals surface area contributed by atoms with Crippen LogP contribution >= 0.6 is 15.9 Å². The second-order valence-corrected chi connectivity index (χ2v) is 4.65. The van der Waals surface area contributed by atoms with Crippen molar-refractivity contribution in [1.29, 1.82) is 0 Å². The van der Waals surface area contributed by atoms with Crippen molar-refractivity contribution < 1.29 is 4.74 Å². The number of anilines is 1. The molecule has 5 heteroatoms. The van der Waals surface area contributed by atoms with Gasteiger partial charge in [-0.15, -0.1) is 0 Å². The molecule has 1 heterocycles. The van der Waals surface area contributed by atoms with Gasteiger partial charge >= 0.3 is 0 Å². The van der Waals surface area contributed by atoms with E-state index >= 15 is 0 Å². The predicted octanol–water partition coefficient (Wildman–Crippen LogP) is 3.77. The van der Waals surface area contributed by atoms with Crippen LogP contribution in [0, 0.1) is 6.92 Å². The molecule has 0 atom stereocenters. The first-order valence-corrected chi connectivity index (χ1v) is 6.49. The van der Waals surface area contributed by atoms with Crippen molar-refractivity contribution in [3.8, 4) is 11.6 Å². The van der Waals surface area contributed by atoms with Gasteiger partial charge in [0.05, 0.1) is 10.7 Å². The Balaban J connectivity index is 2.22. The van der Waals surface area contributed by atoms with E-state index in [0.717, 1.165) is 16.8 Å². The molecule has 2 rings (SSSR count). The fraction of sp³-hybridized carbons (Fsp3) is 0.231. The number of halogens is 1. The molecule has 4 nitrogen and oxygen atoms in total. The zero-order valence-corrected chi connectivity index (χ0v) is 11.9. The second-order valence-electron chi connectivity index (χ2n) is 3.79. The molecule has 94 valence electrons. The molecule has 0 radical (unpaired) electrons. The molecule has 0 unspecified atom stereocenters. The maximum absolute atomic E-state index is 5.71. The lowest BCUT2D eigenvalue weighted by molar-refractivity contribution is 0.459. The van der Waals surface area contributed by atoms with Crippen LogP contribution in [-0.4, -0.2) is 16.5 Å². The first kappa shape index (κ1) is 12.8. The van der Waals surface area contributed by atoms with Crippen molar-refractivity contribution in [2.75, 3.05) is 11.9 Å². The summed E-state index contributed by atoms with van der Waals surface area (Å²) in [4.78, 5) is 8.42. The van der Waals surface area contributed by atoms with Gasteiger partial charge in [-0.2, -0.15) is 4.98 Å². The van der Waals surface area contributed by atoms with Gasteiger partial charge in [0, 0.05) is 6.54 Å². The van der Waals surface area contributed by atoms with E-state index in [2.05, 4.69) is 31.2 Å². The Morgan fingerprint density at radius 3 is 2.67 bits per heavy atom. The van der Waals surface area contributed by atoms with Gasteiger partial charge in [0.25, 0.3) is 0 Å². The molecule has 1 aromatic heterocycles. The Hall–Kier alpha value is -1.62. The predicted molar refractivity (Wildman–Crippen MR) is 75.1 cm³/mol. The maximum Gasteiger partial charge on any atom is 0.238 e. The third kappa shape index (κ3) is 3.20. The molecule has 1 aromatic carbocycles. The number of aromatic nitrogens is 2. The Kier molecular flexibility index (Phi) is 4.15. The minimum Gasteiger partial charge on any atom is -0.438 e. The van der Waals surface area contributed by atoms with Gasteiger partial charge in [-0.1, -0.05) is 17.7 Å². The fourth-order valence-corrected chi connectivity index (χ4v) is 1.66. The minimum absolute atomic E-state index is 0.504. The summed E-state index contributed by atoms with van der Waals surface area (Å²) >= 11 is 3.38. The van der Waals surface area contributed by atoms with Gasteiger partial charge in [-0.3, -0.25) is 0 Å². The molecule has 0 fully saturated rings. The molecule has 0 aliphatic heterocycles. The zero-order chi connectivity index (χ0) is 13.0. The summed E-state index contributed by atoms with van der Waals surface area (Å²) in [6, 6.07) is 7.82. The van der Waals surface area contributed by atoms with Crippen molar-refractivity contribution >= 4 is 21.9 Å². The quantitative estimate of drug-likeness (QED) is 0.934. The Morgan fingerprint density at radius 1 is 1.28 bits per heavy atom. The summed E-state index contributed by atoms with van der Waals surface area (Å²) < 4.78 is 6.44. The third-order valence-electron chi connectivity index (χ3n) is 2.28. The van der Waals surface area contributed by atoms with Gasteiger partial charge in [-0.05, 0) is 41.9 Å². The number of ether oxygens (including phenoxy) is 1. The highest BCUT2D eigenvalue weighted by Gasteiger charge is 2.07. The van der Waals surface area contributed by atoms with Crippen molar-refractivity contribution in [3.05, 3.63) is 40.5 Å². The SMILES string of the molecule is CCNc1ncc(Br)c(Oc2ccc(C)cc2)n1. The molecule has 0 saturated heterocycles. The van der Waals surface area contributed by atoms with Crippen LogP contribution in [0.1, 0.15) is 12.5 Å². The van der Waals surface area contributed by atoms with E-state index in [9.17, 15) is 0 Å². The van der Waals surface area contributed by atoms with Gasteiger partial charge in [-0.25, -0.2) is 4.98 Å². The van der Waals surface area contributed by atoms with Crippen LogP contribution in [0.4, 0.5) is 5.95 Å². The Morgan fingerprint density at radius 2 is 2.00 bits per heavy atom. The number of nitrogens with zero attached hydrogens (tertiary/aromatic N) is 2. The molecule has 0 spiro atoms. The summed E-state index contributed by atoms with van der Waals surface area (Å²) in [6.45, 7) is 4.80. The van der Waals surface area contributed by atoms with E-state index in [1.165, 1.54) is 5.56 Å². The standard InChI is InChI=1S/C13H14BrN3O/c1-3-15-13-16-8-11(14)12(17-13)18-10-6-4-9(2)5-7-10/h4-8H,3H2,1-2H3,(H,15,16,17). The van der Waals surface area contributed by atoms with Crippen LogP contribution < -0.4 is 10.1 Å². The Bertz CT molecular complexity index is 528. The first-order valence-electron chi connectivity index (χ1n) is 5.70. The summed E-state index contributed by atoms with van der Waals surface area (Å²) in [5.74, 6) is 1.81. The van der Waals surface area contributed by atoms with Crippen LogP contribution in [0.15, 0.2) is 34.9 Å². The van der Waals surface area contributed by atoms with Crippen LogP contribution in [0.25, 0.3) is 0 Å². The van der Waals surface area contributed by atoms with E-state index < -0.39 is 0 Å². The molecule has 18 heavy (non-hydrogen) atoms. The minimum atomic E-state index is 0.504. The molecular weight excluding hydrogens is 294 g/mol. The monoisotopic (exact) mass is 307 g/mol. The van der Waals surface area contributed by atoms with Gasteiger partial charge in [0.15, 0.2) is 0 Å². The molecule has 2 aromatic rings. The number of benzene rings is 1. The normalized spacial score (nSPS) is 10.2. The maximum atomic E-state index is 5.71. The molecule has 0 amide bonds. The fourth-order valence-electron chi connectivity index (χ4n) is 1.38. The molecular formula is C13H14BrN3O. The van der Waals surface area contributed by atoms with Crippen LogP contribution in [0.5, 0.6) is 11.6 Å². The molecule has 0 aliphatic carbocycles. The molecule has 0 aliphatic rings. The number of hydrogen-bond acceptors (Lipinski definition) is 4. The van der Waals surface area contributed by atoms with Crippen molar-refractivity contribution in [3.63, 3.8) is 0 Å². The van der Waals surface area contributed by atoms with Crippen molar-refractivity contribution in [2.24, 2.45) is 0 Å². The van der Waals surface area contributed by atoms with Crippen molar-refractivity contribution in [1.82, 2.24) is 9.97 Å². The van der Waals surface area contributed by atoms with E-state index in [0.29, 0.717) is 11.8 Å². The van der Waals surface area contributed by atoms with E-state index in [4.69, 9.17) is 4.74 Å². The number of rotatable bonds is 4. The molecule has 0 saturated carbocycles. The first-order chi connectivity index (χ1) is 8.69. The molecule has 1 N–H and O–H groups in total. The van der Waals surface area contributed by atoms with E-state index in [1.807, 2.05) is 38.1 Å². The zero-order valence-electron chi connectivity index (χ0n) is 10.3. The largest absolute Gasteiger partial charge is 0.438 e. The lowest BCUT2D eigenvalue weighted by Gasteiger charge is -2.08. The van der Waals surface area contributed by atoms with Crippen LogP contribution in [0.3, 0.4) is 0 Å². The summed E-state index contributed by atoms with van der Waals surface area (Å²) in [6.07, 6.45) is 1.68. The lowest BCUT2D eigenvalue weighted by Crippen LogP contribution is -2.03. The highest BCUT2D eigenvalue weighted by Crippen LogP contribution is 2.27. The average Bonchev–Trinajstić information content (AvgIpc) is 2.36. The highest BCUT2D eigenvalue weighted by atomic mass is 79.9. The van der Waals surface area contributed by atoms with E-state index in [1.54, 1.807) is 6.20 Å². The van der Waals surface area contributed by atoms with Crippen LogP contribution in [-0.2, 0) is 0 Å². The smallest absolute Gasteiger partial charge is 0.238 e. The van der Waals surface area contributed by atoms with Gasteiger partial charge in [0.2, 0.25) is 11.8 Å². The van der Waals surface area contributed by atoms with E-state index in [-0.39, 0.29) is 0 Å². The number of aryl methyl sites for hydroxylation is 1. The summed E-state index contributed by atoms with van der Waals surface area (Å²) in [7, 11) is 0. The van der Waals surface area contributed by atoms with Crippen molar-refractivity contribution in [2.45, 2.75) is 13.8 Å². The number of nitrogens with one attached hydrogen (secondary N) is 1. The Labute approximate surface area is 115 Å². The molecule has 0 bridgehead atoms. The van der Waals surface area contributed by atoms with Crippen LogP contribution in [0.2, 0.25) is 0 Å². The lowest BCUT2D eigenvalue weighted by atomic mass is 10.2. The topological polar surface area (TPSA) is 47.0 Å². The van der Waals surface area contributed by atoms with Gasteiger partial charge < -0.3 is 10.1 Å². The average molecular weight is 308 g/mol.